The summed E-state index contributed by atoms with van der Waals surface area (Å²) in [7, 11) is 1.33. The van der Waals surface area contributed by atoms with E-state index in [-0.39, 0.29) is 40.0 Å². The van der Waals surface area contributed by atoms with Gasteiger partial charge in [0.25, 0.3) is 5.91 Å². The zero-order chi connectivity index (χ0) is 33.9. The van der Waals surface area contributed by atoms with Crippen LogP contribution in [0.2, 0.25) is 0 Å². The summed E-state index contributed by atoms with van der Waals surface area (Å²) in [5, 5.41) is 48.3. The number of ether oxygens (including phenoxy) is 3. The number of phenolic OH excluding ortho intramolecular Hbond substituents is 2. The topological polar surface area (TPSA) is 202 Å². The van der Waals surface area contributed by atoms with E-state index in [0.717, 1.165) is 10.5 Å². The lowest BCUT2D eigenvalue weighted by Crippen LogP contribution is -2.55. The van der Waals surface area contributed by atoms with Crippen molar-refractivity contribution in [1.82, 2.24) is 10.3 Å². The molecule has 13 nitrogen and oxygen atoms in total. The van der Waals surface area contributed by atoms with Crippen molar-refractivity contribution in [3.63, 3.8) is 0 Å². The highest BCUT2D eigenvalue weighted by molar-refractivity contribution is 14.1. The Bertz CT molecular complexity index is 1850. The molecule has 14 heteroatoms. The quantitative estimate of drug-likeness (QED) is 0.142. The number of hydrogen-bond donors (Lipinski definition) is 5. The van der Waals surface area contributed by atoms with Crippen molar-refractivity contribution in [3.8, 4) is 17.2 Å². The van der Waals surface area contributed by atoms with Gasteiger partial charge in [0.1, 0.15) is 29.0 Å². The van der Waals surface area contributed by atoms with Crippen LogP contribution < -0.4 is 10.1 Å². The van der Waals surface area contributed by atoms with Crippen molar-refractivity contribution in [2.24, 2.45) is 0 Å². The molecule has 2 aliphatic carbocycles. The summed E-state index contributed by atoms with van der Waals surface area (Å²) in [6.07, 6.45) is -2.46. The zero-order valence-electron chi connectivity index (χ0n) is 25.4. The molecular weight excluding hydrogens is 727 g/mol. The number of phenols is 2. The van der Waals surface area contributed by atoms with Gasteiger partial charge in [-0.15, -0.1) is 0 Å². The number of carbonyl (C=O) groups is 4. The Balaban J connectivity index is 1.39. The largest absolute Gasteiger partial charge is 0.507 e. The fraction of sp³-hybridized carbons (Fsp3) is 0.364. The molecular formula is C33H31IN2O11. The van der Waals surface area contributed by atoms with Crippen molar-refractivity contribution in [3.05, 3.63) is 79.2 Å². The SMILES string of the molecule is COc1cccc2c1C(=O)c1c(O)c3c(c(O)c1C2=O)C[C@@](O)(C(C)=O)C[C@@H]3O[C@H]1C[C@H](NC(=O)c2cncc(I)c2)[C@H](O)[C@H](C)O1. The van der Waals surface area contributed by atoms with Crippen LogP contribution in [0, 0.1) is 3.57 Å². The summed E-state index contributed by atoms with van der Waals surface area (Å²) in [5.41, 5.74) is -3.09. The third kappa shape index (κ3) is 5.57. The number of benzene rings is 2. The monoisotopic (exact) mass is 758 g/mol. The van der Waals surface area contributed by atoms with Crippen LogP contribution in [0.4, 0.5) is 0 Å². The molecule has 1 amide bonds. The minimum Gasteiger partial charge on any atom is -0.507 e. The van der Waals surface area contributed by atoms with Crippen LogP contribution in [0.5, 0.6) is 17.2 Å². The van der Waals surface area contributed by atoms with Crippen molar-refractivity contribution in [1.29, 1.82) is 0 Å². The van der Waals surface area contributed by atoms with Gasteiger partial charge in [-0.1, -0.05) is 12.1 Å². The lowest BCUT2D eigenvalue weighted by molar-refractivity contribution is -0.248. The lowest BCUT2D eigenvalue weighted by atomic mass is 9.72. The van der Waals surface area contributed by atoms with E-state index in [1.807, 2.05) is 22.6 Å². The molecule has 3 aromatic rings. The molecule has 1 aromatic heterocycles. The van der Waals surface area contributed by atoms with Gasteiger partial charge < -0.3 is 40.0 Å². The Hall–Kier alpha value is -3.96. The molecule has 0 spiro atoms. The number of halogens is 1. The van der Waals surface area contributed by atoms with Crippen molar-refractivity contribution in [2.75, 3.05) is 7.11 Å². The predicted octanol–water partition coefficient (Wildman–Crippen LogP) is 2.50. The fourth-order valence-electron chi connectivity index (χ4n) is 6.56. The highest BCUT2D eigenvalue weighted by atomic mass is 127. The first kappa shape index (κ1) is 33.0. The molecule has 47 heavy (non-hydrogen) atoms. The summed E-state index contributed by atoms with van der Waals surface area (Å²) in [6, 6.07) is 5.16. The number of carbonyl (C=O) groups excluding carboxylic acids is 4. The van der Waals surface area contributed by atoms with Crippen LogP contribution in [0.3, 0.4) is 0 Å². The van der Waals surface area contributed by atoms with Gasteiger partial charge in [-0.25, -0.2) is 0 Å². The number of pyridine rings is 1. The number of aromatic nitrogens is 1. The van der Waals surface area contributed by atoms with Gasteiger partial charge >= 0.3 is 0 Å². The van der Waals surface area contributed by atoms with Gasteiger partial charge in [0.2, 0.25) is 5.78 Å². The van der Waals surface area contributed by atoms with E-state index >= 15 is 0 Å². The Labute approximate surface area is 282 Å². The van der Waals surface area contributed by atoms with Gasteiger partial charge in [0.15, 0.2) is 17.9 Å². The Morgan fingerprint density at radius 2 is 1.83 bits per heavy atom. The average Bonchev–Trinajstić information content (AvgIpc) is 3.03. The first-order valence-corrected chi connectivity index (χ1v) is 15.8. The summed E-state index contributed by atoms with van der Waals surface area (Å²) in [4.78, 5) is 57.3. The number of aromatic hydroxyl groups is 2. The molecule has 0 radical (unpaired) electrons. The number of fused-ring (bicyclic) bond motifs is 3. The normalized spacial score (nSPS) is 26.6. The number of rotatable bonds is 6. The Kier molecular flexibility index (Phi) is 8.59. The number of nitrogens with zero attached hydrogens (tertiary/aromatic N) is 1. The molecule has 2 aromatic carbocycles. The van der Waals surface area contributed by atoms with E-state index in [2.05, 4.69) is 10.3 Å². The highest BCUT2D eigenvalue weighted by Crippen LogP contribution is 2.52. The maximum Gasteiger partial charge on any atom is 0.253 e. The molecule has 3 aliphatic rings. The molecule has 2 heterocycles. The molecule has 1 saturated heterocycles. The van der Waals surface area contributed by atoms with E-state index in [9.17, 15) is 39.6 Å². The third-order valence-corrected chi connectivity index (χ3v) is 9.63. The second kappa shape index (κ2) is 12.2. The second-order valence-electron chi connectivity index (χ2n) is 11.9. The van der Waals surface area contributed by atoms with Crippen LogP contribution in [0.1, 0.15) is 86.1 Å². The van der Waals surface area contributed by atoms with E-state index in [0.29, 0.717) is 0 Å². The van der Waals surface area contributed by atoms with Crippen molar-refractivity contribution in [2.45, 2.75) is 69.4 Å². The molecule has 0 unspecified atom stereocenters. The van der Waals surface area contributed by atoms with Gasteiger partial charge in [-0.05, 0) is 48.6 Å². The van der Waals surface area contributed by atoms with E-state index in [1.54, 1.807) is 19.2 Å². The van der Waals surface area contributed by atoms with Gasteiger partial charge in [0.05, 0.1) is 47.6 Å². The lowest BCUT2D eigenvalue weighted by Gasteiger charge is -2.42. The van der Waals surface area contributed by atoms with Gasteiger partial charge in [-0.3, -0.25) is 24.2 Å². The number of ketones is 3. The number of Topliss-reactive ketones (excluding diaryl/α,β-unsaturated/α-hetero) is 1. The van der Waals surface area contributed by atoms with E-state index < -0.39 is 95.0 Å². The van der Waals surface area contributed by atoms with Crippen LogP contribution >= 0.6 is 22.6 Å². The highest BCUT2D eigenvalue weighted by Gasteiger charge is 2.49. The first-order chi connectivity index (χ1) is 22.2. The Morgan fingerprint density at radius 1 is 1.11 bits per heavy atom. The number of methoxy groups -OCH3 is 1. The Morgan fingerprint density at radius 3 is 2.51 bits per heavy atom. The van der Waals surface area contributed by atoms with E-state index in [1.165, 1.54) is 31.5 Å². The standard InChI is InChI=1S/C33H31IN2O11/c1-13-27(38)19(36-32(43)15-7-16(34)12-35-11-15)8-22(46-13)47-21-10-33(44,14(2)37)9-18-24(21)31(42)26-25(29(18)40)28(39)17-5-4-6-20(45-3)23(17)30(26)41/h4-7,11-13,19,21-22,27,38,40,42,44H,8-10H2,1-3H3,(H,36,43)/t13-,19-,21-,22-,27+,33-/m0/s1. The molecule has 0 saturated carbocycles. The molecule has 0 bridgehead atoms. The van der Waals surface area contributed by atoms with Crippen LogP contribution in [0.25, 0.3) is 0 Å². The summed E-state index contributed by atoms with van der Waals surface area (Å²) in [5.74, 6) is -3.90. The second-order valence-corrected chi connectivity index (χ2v) is 13.2. The number of aliphatic hydroxyl groups excluding tert-OH is 1. The first-order valence-electron chi connectivity index (χ1n) is 14.8. The summed E-state index contributed by atoms with van der Waals surface area (Å²) < 4.78 is 18.2. The number of nitrogens with one attached hydrogen (secondary N) is 1. The molecule has 1 aliphatic heterocycles. The predicted molar refractivity (Wildman–Crippen MR) is 171 cm³/mol. The average molecular weight is 759 g/mol. The molecule has 6 atom stereocenters. The molecule has 5 N–H and O–H groups in total. The number of hydrogen-bond acceptors (Lipinski definition) is 12. The fourth-order valence-corrected chi connectivity index (χ4v) is 7.05. The molecule has 246 valence electrons. The minimum absolute atomic E-state index is 0.0424. The van der Waals surface area contributed by atoms with Crippen LogP contribution in [0.15, 0.2) is 36.7 Å². The van der Waals surface area contributed by atoms with Crippen molar-refractivity contribution < 1.29 is 53.8 Å². The van der Waals surface area contributed by atoms with Crippen molar-refractivity contribution >= 4 is 45.8 Å². The van der Waals surface area contributed by atoms with Gasteiger partial charge in [0, 0.05) is 51.9 Å². The maximum atomic E-state index is 13.8. The smallest absolute Gasteiger partial charge is 0.253 e. The molecule has 6 rings (SSSR count). The summed E-state index contributed by atoms with van der Waals surface area (Å²) >= 11 is 2.02. The zero-order valence-corrected chi connectivity index (χ0v) is 27.6. The minimum atomic E-state index is -2.08. The number of aliphatic hydroxyl groups is 2. The summed E-state index contributed by atoms with van der Waals surface area (Å²) in [6.45, 7) is 2.73. The third-order valence-electron chi connectivity index (χ3n) is 9.04. The van der Waals surface area contributed by atoms with Gasteiger partial charge in [-0.2, -0.15) is 0 Å². The van der Waals surface area contributed by atoms with Crippen LogP contribution in [-0.4, -0.2) is 85.9 Å². The number of amides is 1. The molecule has 1 fully saturated rings. The maximum absolute atomic E-state index is 13.8. The van der Waals surface area contributed by atoms with Crippen LogP contribution in [-0.2, 0) is 20.7 Å². The van der Waals surface area contributed by atoms with E-state index in [4.69, 9.17) is 14.2 Å².